The Morgan fingerprint density at radius 2 is 2.00 bits per heavy atom. The van der Waals surface area contributed by atoms with Crippen LogP contribution in [0.1, 0.15) is 18.9 Å². The van der Waals surface area contributed by atoms with Gasteiger partial charge in [-0.3, -0.25) is 4.79 Å². The molecule has 0 unspecified atom stereocenters. The zero-order valence-electron chi connectivity index (χ0n) is 16.0. The summed E-state index contributed by atoms with van der Waals surface area (Å²) in [7, 11) is 0. The highest BCUT2D eigenvalue weighted by Crippen LogP contribution is 2.33. The van der Waals surface area contributed by atoms with Crippen LogP contribution in [0.15, 0.2) is 47.3 Å². The average Bonchev–Trinajstić information content (AvgIpc) is 3.22. The van der Waals surface area contributed by atoms with Crippen molar-refractivity contribution in [1.82, 2.24) is 25.4 Å². The third-order valence-electron chi connectivity index (χ3n) is 4.62. The van der Waals surface area contributed by atoms with E-state index in [-0.39, 0.29) is 17.7 Å². The molecule has 0 fully saturated rings. The molecule has 4 rings (SSSR count). The molecule has 148 valence electrons. The van der Waals surface area contributed by atoms with Crippen molar-refractivity contribution >= 4 is 11.2 Å². The summed E-state index contributed by atoms with van der Waals surface area (Å²) in [6.07, 6.45) is 1.56. The average molecular weight is 391 g/mol. The summed E-state index contributed by atoms with van der Waals surface area (Å²) in [5.74, 6) is 1.01. The van der Waals surface area contributed by atoms with Gasteiger partial charge in [-0.25, -0.2) is 10.1 Å². The zero-order chi connectivity index (χ0) is 20.2. The number of hydrogen-bond acceptors (Lipinski definition) is 6. The Morgan fingerprint density at radius 1 is 1.14 bits per heavy atom. The second-order valence-corrected chi connectivity index (χ2v) is 6.60. The number of aromatic nitrogens is 5. The van der Waals surface area contributed by atoms with E-state index in [1.54, 1.807) is 0 Å². The maximum atomic E-state index is 12.2. The fraction of sp³-hybridized carbons (Fsp3) is 0.238. The smallest absolute Gasteiger partial charge is 0.281 e. The second-order valence-electron chi connectivity index (χ2n) is 6.60. The van der Waals surface area contributed by atoms with Crippen molar-refractivity contribution < 1.29 is 9.84 Å². The standard InChI is InChI=1S/C21H21N5O3/c1-2-29-17-12-15(14-7-3-5-13(11-14)6-4-10-27)8-9-16(17)19-22-20-18(21(28)23-19)24-26-25-20/h3,5,7-9,11-12,27H,2,4,6,10H2,1H3,(H2,22,23,24,25,26,28). The van der Waals surface area contributed by atoms with E-state index in [0.29, 0.717) is 29.4 Å². The van der Waals surface area contributed by atoms with Crippen LogP contribution in [-0.2, 0) is 6.42 Å². The molecule has 0 radical (unpaired) electrons. The largest absolute Gasteiger partial charge is 0.493 e. The summed E-state index contributed by atoms with van der Waals surface area (Å²) >= 11 is 0. The van der Waals surface area contributed by atoms with Gasteiger partial charge >= 0.3 is 0 Å². The third kappa shape index (κ3) is 3.88. The molecule has 8 heteroatoms. The first-order valence-electron chi connectivity index (χ1n) is 9.48. The normalized spacial score (nSPS) is 11.1. The number of fused-ring (bicyclic) bond motifs is 1. The molecule has 0 atom stereocenters. The molecule has 0 aliphatic carbocycles. The number of benzene rings is 2. The lowest BCUT2D eigenvalue weighted by Gasteiger charge is -2.12. The van der Waals surface area contributed by atoms with Crippen molar-refractivity contribution in [1.29, 1.82) is 0 Å². The molecule has 8 nitrogen and oxygen atoms in total. The quantitative estimate of drug-likeness (QED) is 0.446. The van der Waals surface area contributed by atoms with E-state index in [1.807, 2.05) is 37.3 Å². The lowest BCUT2D eigenvalue weighted by molar-refractivity contribution is 0.288. The first-order valence-corrected chi connectivity index (χ1v) is 9.48. The zero-order valence-corrected chi connectivity index (χ0v) is 16.0. The van der Waals surface area contributed by atoms with Gasteiger partial charge in [0.15, 0.2) is 11.2 Å². The van der Waals surface area contributed by atoms with Gasteiger partial charge in [0.05, 0.1) is 12.2 Å². The van der Waals surface area contributed by atoms with Crippen molar-refractivity contribution in [2.75, 3.05) is 13.2 Å². The minimum Gasteiger partial charge on any atom is -0.493 e. The number of aliphatic hydroxyl groups is 1. The van der Waals surface area contributed by atoms with Gasteiger partial charge < -0.3 is 14.8 Å². The SMILES string of the molecule is CCOc1cc(-c2cccc(CCCO)c2)ccc1-c1nc2[nH]nnc2c(=O)[nH]1. The van der Waals surface area contributed by atoms with Crippen LogP contribution in [0.5, 0.6) is 5.75 Å². The van der Waals surface area contributed by atoms with Crippen molar-refractivity contribution in [2.45, 2.75) is 19.8 Å². The minimum absolute atomic E-state index is 0.169. The Labute approximate surface area is 166 Å². The molecule has 2 aromatic heterocycles. The van der Waals surface area contributed by atoms with Gasteiger partial charge in [0.1, 0.15) is 11.6 Å². The molecular formula is C21H21N5O3. The third-order valence-corrected chi connectivity index (χ3v) is 4.62. The van der Waals surface area contributed by atoms with Gasteiger partial charge in [-0.15, -0.1) is 5.10 Å². The van der Waals surface area contributed by atoms with E-state index in [4.69, 9.17) is 9.84 Å². The summed E-state index contributed by atoms with van der Waals surface area (Å²) in [5.41, 5.74) is 4.04. The molecule has 0 aliphatic heterocycles. The summed E-state index contributed by atoms with van der Waals surface area (Å²) < 4.78 is 5.85. The summed E-state index contributed by atoms with van der Waals surface area (Å²) in [6, 6.07) is 14.0. The lowest BCUT2D eigenvalue weighted by Crippen LogP contribution is -2.10. The fourth-order valence-electron chi connectivity index (χ4n) is 3.25. The fourth-order valence-corrected chi connectivity index (χ4v) is 3.25. The second kappa shape index (κ2) is 8.24. The molecule has 0 spiro atoms. The highest BCUT2D eigenvalue weighted by atomic mass is 16.5. The van der Waals surface area contributed by atoms with Gasteiger partial charge in [0, 0.05) is 6.61 Å². The molecule has 3 N–H and O–H groups in total. The number of hydrogen-bond donors (Lipinski definition) is 3. The summed E-state index contributed by atoms with van der Waals surface area (Å²) in [5, 5.41) is 19.1. The molecular weight excluding hydrogens is 370 g/mol. The molecule has 29 heavy (non-hydrogen) atoms. The van der Waals surface area contributed by atoms with Crippen LogP contribution in [0.2, 0.25) is 0 Å². The Balaban J connectivity index is 1.76. The number of rotatable bonds is 7. The van der Waals surface area contributed by atoms with E-state index < -0.39 is 0 Å². The van der Waals surface area contributed by atoms with E-state index in [0.717, 1.165) is 24.0 Å². The molecule has 0 aliphatic rings. The number of nitrogens with zero attached hydrogens (tertiary/aromatic N) is 3. The summed E-state index contributed by atoms with van der Waals surface area (Å²) in [6.45, 7) is 2.56. The molecule has 4 aromatic rings. The Kier molecular flexibility index (Phi) is 5.35. The molecule has 2 heterocycles. The van der Waals surface area contributed by atoms with Gasteiger partial charge in [-0.2, -0.15) is 0 Å². The van der Waals surface area contributed by atoms with Gasteiger partial charge in [0.2, 0.25) is 0 Å². The summed E-state index contributed by atoms with van der Waals surface area (Å²) in [4.78, 5) is 19.4. The van der Waals surface area contributed by atoms with Gasteiger partial charge in [0.25, 0.3) is 5.56 Å². The highest BCUT2D eigenvalue weighted by molar-refractivity contribution is 5.76. The lowest BCUT2D eigenvalue weighted by atomic mass is 9.99. The van der Waals surface area contributed by atoms with Crippen LogP contribution in [0.25, 0.3) is 33.7 Å². The minimum atomic E-state index is -0.359. The molecule has 2 aromatic carbocycles. The van der Waals surface area contributed by atoms with Crippen molar-refractivity contribution in [3.05, 3.63) is 58.4 Å². The van der Waals surface area contributed by atoms with Crippen LogP contribution in [0.4, 0.5) is 0 Å². The van der Waals surface area contributed by atoms with Crippen LogP contribution in [0.3, 0.4) is 0 Å². The number of aliphatic hydroxyl groups excluding tert-OH is 1. The number of aromatic amines is 2. The highest BCUT2D eigenvalue weighted by Gasteiger charge is 2.14. The number of H-pyrrole nitrogens is 2. The molecule has 0 saturated carbocycles. The van der Waals surface area contributed by atoms with Crippen LogP contribution < -0.4 is 10.3 Å². The first kappa shape index (κ1) is 18.8. The number of ether oxygens (including phenoxy) is 1. The van der Waals surface area contributed by atoms with Gasteiger partial charge in [-0.1, -0.05) is 35.5 Å². The van der Waals surface area contributed by atoms with Gasteiger partial charge in [-0.05, 0) is 48.6 Å². The first-order chi connectivity index (χ1) is 14.2. The molecule has 0 amide bonds. The Hall–Kier alpha value is -3.52. The predicted octanol–water partition coefficient (Wildman–Crippen LogP) is 2.70. The number of aryl methyl sites for hydroxylation is 1. The molecule has 0 bridgehead atoms. The van der Waals surface area contributed by atoms with Crippen LogP contribution in [0, 0.1) is 0 Å². The topological polar surface area (TPSA) is 117 Å². The molecule has 0 saturated heterocycles. The number of nitrogens with one attached hydrogen (secondary N) is 2. The van der Waals surface area contributed by atoms with Crippen molar-refractivity contribution in [3.63, 3.8) is 0 Å². The van der Waals surface area contributed by atoms with E-state index in [2.05, 4.69) is 37.5 Å². The van der Waals surface area contributed by atoms with Crippen molar-refractivity contribution in [2.24, 2.45) is 0 Å². The Bertz CT molecular complexity index is 1200. The van der Waals surface area contributed by atoms with Crippen LogP contribution in [-0.4, -0.2) is 43.7 Å². The monoisotopic (exact) mass is 391 g/mol. The maximum absolute atomic E-state index is 12.2. The van der Waals surface area contributed by atoms with Crippen LogP contribution >= 0.6 is 0 Å². The van der Waals surface area contributed by atoms with E-state index >= 15 is 0 Å². The van der Waals surface area contributed by atoms with Crippen molar-refractivity contribution in [3.8, 4) is 28.3 Å². The predicted molar refractivity (Wildman–Crippen MR) is 110 cm³/mol. The Morgan fingerprint density at radius 3 is 2.83 bits per heavy atom. The van der Waals surface area contributed by atoms with E-state index in [1.165, 1.54) is 5.56 Å². The van der Waals surface area contributed by atoms with E-state index in [9.17, 15) is 4.79 Å². The maximum Gasteiger partial charge on any atom is 0.281 e.